The van der Waals surface area contributed by atoms with Crippen molar-refractivity contribution in [1.82, 2.24) is 15.0 Å². The minimum atomic E-state index is 0.446. The zero-order valence-electron chi connectivity index (χ0n) is 14.4. The summed E-state index contributed by atoms with van der Waals surface area (Å²) in [5.41, 5.74) is 10.0. The van der Waals surface area contributed by atoms with Crippen LogP contribution >= 0.6 is 0 Å². The number of nitrogens with zero attached hydrogens (tertiary/aromatic N) is 3. The van der Waals surface area contributed by atoms with Gasteiger partial charge in [-0.15, -0.1) is 0 Å². The first-order valence-corrected chi connectivity index (χ1v) is 8.59. The van der Waals surface area contributed by atoms with Gasteiger partial charge >= 0.3 is 0 Å². The molecule has 5 heteroatoms. The van der Waals surface area contributed by atoms with Gasteiger partial charge in [-0.05, 0) is 35.5 Å². The van der Waals surface area contributed by atoms with E-state index in [0.717, 1.165) is 30.8 Å². The van der Waals surface area contributed by atoms with Crippen LogP contribution in [0.2, 0.25) is 0 Å². The summed E-state index contributed by atoms with van der Waals surface area (Å²) in [6, 6.07) is 14.3. The maximum Gasteiger partial charge on any atom is 0.170 e. The predicted octanol–water partition coefficient (Wildman–Crippen LogP) is 3.80. The number of hydrogen-bond acceptors (Lipinski definition) is 5. The maximum atomic E-state index is 5.90. The molecule has 0 unspecified atom stereocenters. The molecule has 1 aliphatic rings. The molecular weight excluding hydrogens is 324 g/mol. The summed E-state index contributed by atoms with van der Waals surface area (Å²) in [7, 11) is 0. The molecule has 26 heavy (non-hydrogen) atoms. The van der Waals surface area contributed by atoms with E-state index in [1.54, 1.807) is 6.20 Å². The molecule has 0 radical (unpaired) electrons. The van der Waals surface area contributed by atoms with Gasteiger partial charge in [-0.1, -0.05) is 41.6 Å². The number of pyridine rings is 1. The highest BCUT2D eigenvalue weighted by molar-refractivity contribution is 5.69. The van der Waals surface area contributed by atoms with E-state index in [4.69, 9.17) is 10.3 Å². The number of nitrogens with two attached hydrogens (primary N) is 1. The van der Waals surface area contributed by atoms with Gasteiger partial charge in [0.15, 0.2) is 5.76 Å². The molecule has 0 fully saturated rings. The molecule has 3 aromatic rings. The highest BCUT2D eigenvalue weighted by Gasteiger charge is 2.11. The molecule has 1 aliphatic heterocycles. The van der Waals surface area contributed by atoms with E-state index in [-0.39, 0.29) is 0 Å². The number of rotatable bonds is 5. The Morgan fingerprint density at radius 3 is 2.69 bits per heavy atom. The zero-order chi connectivity index (χ0) is 17.8. The van der Waals surface area contributed by atoms with E-state index in [1.807, 2.05) is 18.2 Å². The molecule has 0 aliphatic carbocycles. The topological polar surface area (TPSA) is 68.2 Å². The van der Waals surface area contributed by atoms with Crippen LogP contribution < -0.4 is 5.73 Å². The van der Waals surface area contributed by atoms with Crippen LogP contribution in [0.3, 0.4) is 0 Å². The van der Waals surface area contributed by atoms with Crippen LogP contribution in [0, 0.1) is 0 Å². The lowest BCUT2D eigenvalue weighted by atomic mass is 10.1. The Hall–Kier alpha value is -3.34. The Morgan fingerprint density at radius 1 is 1.08 bits per heavy atom. The fourth-order valence-corrected chi connectivity index (χ4v) is 2.98. The summed E-state index contributed by atoms with van der Waals surface area (Å²) in [5, 5.41) is 4.16. The SMILES string of the molecule is Nc1ncccc1-c1cc(Cc2ccc(CN3C=CC=CC3)cc2)no1. The molecule has 0 saturated heterocycles. The van der Waals surface area contributed by atoms with Crippen LogP contribution in [0.1, 0.15) is 16.8 Å². The van der Waals surface area contributed by atoms with E-state index >= 15 is 0 Å². The van der Waals surface area contributed by atoms with Crippen molar-refractivity contribution in [2.45, 2.75) is 13.0 Å². The number of anilines is 1. The van der Waals surface area contributed by atoms with Crippen molar-refractivity contribution in [1.29, 1.82) is 0 Å². The highest BCUT2D eigenvalue weighted by Crippen LogP contribution is 2.25. The van der Waals surface area contributed by atoms with Crippen molar-refractivity contribution in [3.8, 4) is 11.3 Å². The van der Waals surface area contributed by atoms with Gasteiger partial charge in [0, 0.05) is 31.8 Å². The van der Waals surface area contributed by atoms with Gasteiger partial charge in [0.05, 0.1) is 11.3 Å². The van der Waals surface area contributed by atoms with Crippen molar-refractivity contribution in [2.75, 3.05) is 12.3 Å². The Kier molecular flexibility index (Phi) is 4.51. The molecule has 1 aromatic carbocycles. The molecule has 4 rings (SSSR count). The minimum Gasteiger partial charge on any atom is -0.383 e. The Balaban J connectivity index is 1.42. The van der Waals surface area contributed by atoms with E-state index in [9.17, 15) is 0 Å². The molecule has 0 atom stereocenters. The van der Waals surface area contributed by atoms with Gasteiger partial charge in [-0.25, -0.2) is 4.98 Å². The summed E-state index contributed by atoms with van der Waals surface area (Å²) in [4.78, 5) is 6.36. The van der Waals surface area contributed by atoms with Crippen molar-refractivity contribution in [2.24, 2.45) is 0 Å². The molecule has 0 amide bonds. The number of nitrogen functional groups attached to an aromatic ring is 1. The lowest BCUT2D eigenvalue weighted by Crippen LogP contribution is -2.18. The normalized spacial score (nSPS) is 13.3. The van der Waals surface area contributed by atoms with Crippen LogP contribution in [0.4, 0.5) is 5.82 Å². The van der Waals surface area contributed by atoms with Crippen molar-refractivity contribution < 1.29 is 4.52 Å². The Labute approximate surface area is 152 Å². The van der Waals surface area contributed by atoms with Crippen LogP contribution in [0.15, 0.2) is 77.6 Å². The average Bonchev–Trinajstić information content (AvgIpc) is 3.13. The first-order valence-electron chi connectivity index (χ1n) is 8.59. The summed E-state index contributed by atoms with van der Waals surface area (Å²) in [5.74, 6) is 1.09. The van der Waals surface area contributed by atoms with Crippen molar-refractivity contribution >= 4 is 5.82 Å². The van der Waals surface area contributed by atoms with Gasteiger partial charge in [0.25, 0.3) is 0 Å². The van der Waals surface area contributed by atoms with Gasteiger partial charge in [0.2, 0.25) is 0 Å². The van der Waals surface area contributed by atoms with Gasteiger partial charge in [0.1, 0.15) is 5.82 Å². The first-order chi connectivity index (χ1) is 12.8. The number of benzene rings is 1. The third-order valence-electron chi connectivity index (χ3n) is 4.34. The summed E-state index contributed by atoms with van der Waals surface area (Å²) >= 11 is 0. The lowest BCUT2D eigenvalue weighted by molar-refractivity contribution is 0.405. The fraction of sp³-hybridized carbons (Fsp3) is 0.143. The van der Waals surface area contributed by atoms with Crippen molar-refractivity contribution in [3.05, 3.63) is 89.9 Å². The molecule has 3 heterocycles. The highest BCUT2D eigenvalue weighted by atomic mass is 16.5. The molecule has 0 spiro atoms. The molecule has 0 saturated carbocycles. The minimum absolute atomic E-state index is 0.446. The first kappa shape index (κ1) is 16.1. The van der Waals surface area contributed by atoms with E-state index in [0.29, 0.717) is 11.6 Å². The quantitative estimate of drug-likeness (QED) is 0.762. The predicted molar refractivity (Wildman–Crippen MR) is 102 cm³/mol. The second kappa shape index (κ2) is 7.27. The lowest BCUT2D eigenvalue weighted by Gasteiger charge is -2.20. The van der Waals surface area contributed by atoms with Crippen LogP contribution in [0.25, 0.3) is 11.3 Å². The molecule has 2 aromatic heterocycles. The standard InChI is InChI=1S/C21H20N4O/c22-21-19(5-4-10-23-21)20-14-18(24-26-20)13-16-6-8-17(9-7-16)15-25-11-2-1-3-12-25/h1-11,14H,12-13,15H2,(H2,22,23). The van der Waals surface area contributed by atoms with E-state index < -0.39 is 0 Å². The average molecular weight is 344 g/mol. The van der Waals surface area contributed by atoms with Crippen LogP contribution in [0.5, 0.6) is 0 Å². The number of allylic oxidation sites excluding steroid dienone is 2. The second-order valence-electron chi connectivity index (χ2n) is 6.31. The maximum absolute atomic E-state index is 5.90. The third-order valence-corrected chi connectivity index (χ3v) is 4.34. The van der Waals surface area contributed by atoms with Gasteiger partial charge < -0.3 is 15.2 Å². The molecule has 130 valence electrons. The Bertz CT molecular complexity index is 941. The van der Waals surface area contributed by atoms with Crippen LogP contribution in [-0.2, 0) is 13.0 Å². The van der Waals surface area contributed by atoms with Gasteiger partial charge in [-0.2, -0.15) is 0 Å². The van der Waals surface area contributed by atoms with Gasteiger partial charge in [-0.3, -0.25) is 0 Å². The molecule has 5 nitrogen and oxygen atoms in total. The number of aromatic nitrogens is 2. The fourth-order valence-electron chi connectivity index (χ4n) is 2.98. The monoisotopic (exact) mass is 344 g/mol. The van der Waals surface area contributed by atoms with E-state index in [1.165, 1.54) is 11.1 Å². The second-order valence-corrected chi connectivity index (χ2v) is 6.31. The van der Waals surface area contributed by atoms with E-state index in [2.05, 4.69) is 63.7 Å². The molecular formula is C21H20N4O. The molecule has 0 bridgehead atoms. The molecule has 2 N–H and O–H groups in total. The zero-order valence-corrected chi connectivity index (χ0v) is 14.4. The summed E-state index contributed by atoms with van der Waals surface area (Å²) < 4.78 is 5.44. The Morgan fingerprint density at radius 2 is 1.92 bits per heavy atom. The van der Waals surface area contributed by atoms with Crippen LogP contribution in [-0.4, -0.2) is 21.6 Å². The van der Waals surface area contributed by atoms with Crippen molar-refractivity contribution in [3.63, 3.8) is 0 Å². The number of hydrogen-bond donors (Lipinski definition) is 1. The summed E-state index contributed by atoms with van der Waals surface area (Å²) in [6.45, 7) is 1.87. The largest absolute Gasteiger partial charge is 0.383 e. The smallest absolute Gasteiger partial charge is 0.170 e. The summed E-state index contributed by atoms with van der Waals surface area (Å²) in [6.07, 6.45) is 10.8. The third kappa shape index (κ3) is 3.67.